The van der Waals surface area contributed by atoms with Crippen LogP contribution in [0, 0.1) is 5.92 Å². The molecule has 0 bridgehead atoms. The van der Waals surface area contributed by atoms with Crippen molar-refractivity contribution >= 4 is 20.5 Å². The topological polar surface area (TPSA) is 68.2 Å². The molecule has 0 saturated heterocycles. The van der Waals surface area contributed by atoms with Gasteiger partial charge in [0.15, 0.2) is 0 Å². The van der Waals surface area contributed by atoms with Gasteiger partial charge < -0.3 is 24.3 Å². The van der Waals surface area contributed by atoms with E-state index in [9.17, 15) is 10.2 Å². The van der Waals surface area contributed by atoms with Gasteiger partial charge in [-0.05, 0) is 108 Å². The highest BCUT2D eigenvalue weighted by atomic mass is 16.5. The summed E-state index contributed by atoms with van der Waals surface area (Å²) in [5.74, 6) is 2.31. The first kappa shape index (κ1) is 34.8. The lowest BCUT2D eigenvalue weighted by atomic mass is 9.61. The molecule has 1 heterocycles. The van der Waals surface area contributed by atoms with Crippen LogP contribution < -0.4 is 4.74 Å². The van der Waals surface area contributed by atoms with Gasteiger partial charge in [0.1, 0.15) is 11.5 Å². The number of ether oxygens (including phenoxy) is 1. The summed E-state index contributed by atoms with van der Waals surface area (Å²) in [7, 11) is 0.853. The summed E-state index contributed by atoms with van der Waals surface area (Å²) in [6, 6.07) is 24.1. The van der Waals surface area contributed by atoms with E-state index in [1.807, 2.05) is 27.7 Å². The third kappa shape index (κ3) is 5.77. The van der Waals surface area contributed by atoms with Crippen LogP contribution in [-0.4, -0.2) is 47.6 Å². The molecule has 258 valence electrons. The molecule has 0 aromatic heterocycles. The van der Waals surface area contributed by atoms with Crippen LogP contribution in [-0.2, 0) is 14.7 Å². The monoisotopic (exact) mass is 668 g/mol. The summed E-state index contributed by atoms with van der Waals surface area (Å²) in [5.41, 5.74) is 4.53. The molecule has 0 saturated carbocycles. The SMILES string of the molecule is CC(C)(O)C(C)(C)OBC1=CC(c2ccc3c(c2)C2(c4ccccc4Oc4ccccc42)C2C=CC=CC32)=CC(BOC(C)(C)C(C)(C)O)C1. The van der Waals surface area contributed by atoms with E-state index < -0.39 is 27.8 Å². The van der Waals surface area contributed by atoms with E-state index in [4.69, 9.17) is 14.0 Å². The number of hydrogen-bond donors (Lipinski definition) is 2. The normalized spacial score (nSPS) is 22.1. The van der Waals surface area contributed by atoms with Gasteiger partial charge in [-0.2, -0.15) is 0 Å². The minimum Gasteiger partial charge on any atom is -0.457 e. The third-order valence-electron chi connectivity index (χ3n) is 12.2. The van der Waals surface area contributed by atoms with Crippen molar-refractivity contribution in [1.82, 2.24) is 0 Å². The van der Waals surface area contributed by atoms with Crippen molar-refractivity contribution in [3.8, 4) is 11.5 Å². The van der Waals surface area contributed by atoms with Crippen LogP contribution in [0.1, 0.15) is 95.5 Å². The van der Waals surface area contributed by atoms with Crippen molar-refractivity contribution in [3.63, 3.8) is 0 Å². The van der Waals surface area contributed by atoms with E-state index in [-0.39, 0.29) is 17.7 Å². The minimum atomic E-state index is -1.01. The van der Waals surface area contributed by atoms with Gasteiger partial charge >= 0.3 is 7.48 Å². The number of allylic oxidation sites excluding steroid dienone is 8. The lowest BCUT2D eigenvalue weighted by Gasteiger charge is -2.43. The molecule has 0 fully saturated rings. The van der Waals surface area contributed by atoms with Gasteiger partial charge in [0.05, 0.1) is 27.8 Å². The molecular weight excluding hydrogens is 618 g/mol. The molecular formula is C43H50B2O5. The molecule has 3 unspecified atom stereocenters. The van der Waals surface area contributed by atoms with Gasteiger partial charge in [-0.25, -0.2) is 0 Å². The highest BCUT2D eigenvalue weighted by Gasteiger charge is 2.56. The number of aliphatic hydroxyl groups is 2. The van der Waals surface area contributed by atoms with Crippen molar-refractivity contribution in [1.29, 1.82) is 0 Å². The zero-order chi connectivity index (χ0) is 35.7. The smallest absolute Gasteiger partial charge is 0.305 e. The number of hydrogen-bond acceptors (Lipinski definition) is 5. The maximum Gasteiger partial charge on any atom is 0.305 e. The fourth-order valence-corrected chi connectivity index (χ4v) is 7.85. The standard InChI is InChI=1S/C43H50B2O5/c1-39(2,46)41(5,6)49-44-29-23-28(24-30(26-29)45-50-42(7,8)40(3,4)47)27-21-22-32-31-15-9-10-16-33(31)43(36(32)25-27)34-17-11-13-19-37(34)48-38-20-14-12-18-35(38)43/h9-25,29,31,33,44-47H,26H2,1-8H3. The van der Waals surface area contributed by atoms with Crippen molar-refractivity contribution in [3.05, 3.63) is 136 Å². The summed E-state index contributed by atoms with van der Waals surface area (Å²) >= 11 is 0. The zero-order valence-corrected chi connectivity index (χ0v) is 30.8. The second-order valence-electron chi connectivity index (χ2n) is 16.7. The zero-order valence-electron chi connectivity index (χ0n) is 30.8. The number of rotatable bonds is 9. The number of benzene rings is 3. The summed E-state index contributed by atoms with van der Waals surface area (Å²) in [5, 5.41) is 21.7. The van der Waals surface area contributed by atoms with Crippen molar-refractivity contribution in [2.24, 2.45) is 5.92 Å². The Balaban J connectivity index is 1.35. The van der Waals surface area contributed by atoms with E-state index in [1.54, 1.807) is 27.7 Å². The summed E-state index contributed by atoms with van der Waals surface area (Å²) in [6.45, 7) is 14.9. The van der Waals surface area contributed by atoms with E-state index in [0.717, 1.165) is 34.5 Å². The van der Waals surface area contributed by atoms with Crippen LogP contribution in [0.15, 0.2) is 109 Å². The first-order valence-electron chi connectivity index (χ1n) is 18.0. The Labute approximate surface area is 299 Å². The Morgan fingerprint density at radius 3 is 1.98 bits per heavy atom. The molecule has 1 spiro atoms. The highest BCUT2D eigenvalue weighted by molar-refractivity contribution is 6.40. The Hall–Kier alpha value is -3.61. The molecule has 3 aromatic carbocycles. The number of fused-ring (bicyclic) bond motifs is 9. The van der Waals surface area contributed by atoms with E-state index >= 15 is 0 Å². The van der Waals surface area contributed by atoms with E-state index in [2.05, 4.69) is 103 Å². The Bertz CT molecular complexity index is 1870. The molecule has 2 N–H and O–H groups in total. The van der Waals surface area contributed by atoms with Gasteiger partial charge in [-0.1, -0.05) is 90.5 Å². The Kier molecular flexibility index (Phi) is 8.54. The molecule has 50 heavy (non-hydrogen) atoms. The second kappa shape index (κ2) is 12.3. The van der Waals surface area contributed by atoms with Crippen LogP contribution in [0.5, 0.6) is 11.5 Å². The lowest BCUT2D eigenvalue weighted by Crippen LogP contribution is -2.48. The second-order valence-corrected chi connectivity index (χ2v) is 16.7. The molecule has 1 aliphatic heterocycles. The summed E-state index contributed by atoms with van der Waals surface area (Å²) < 4.78 is 19.4. The van der Waals surface area contributed by atoms with E-state index in [0.29, 0.717) is 15.0 Å². The van der Waals surface area contributed by atoms with E-state index in [1.165, 1.54) is 22.3 Å². The van der Waals surface area contributed by atoms with Gasteiger partial charge in [0, 0.05) is 23.0 Å². The van der Waals surface area contributed by atoms with Crippen molar-refractivity contribution in [2.75, 3.05) is 0 Å². The highest BCUT2D eigenvalue weighted by Crippen LogP contribution is 2.64. The average molecular weight is 668 g/mol. The molecule has 3 aromatic rings. The fourth-order valence-electron chi connectivity index (χ4n) is 7.85. The summed E-state index contributed by atoms with van der Waals surface area (Å²) in [6.07, 6.45) is 14.5. The van der Waals surface area contributed by atoms with Crippen molar-refractivity contribution < 1.29 is 24.3 Å². The van der Waals surface area contributed by atoms with Crippen LogP contribution in [0.3, 0.4) is 0 Å². The first-order chi connectivity index (χ1) is 23.5. The van der Waals surface area contributed by atoms with Gasteiger partial charge in [0.2, 0.25) is 0 Å². The molecule has 0 radical (unpaired) electrons. The molecule has 0 amide bonds. The van der Waals surface area contributed by atoms with Gasteiger partial charge in [0.25, 0.3) is 7.48 Å². The Morgan fingerprint density at radius 2 is 1.34 bits per heavy atom. The van der Waals surface area contributed by atoms with Gasteiger partial charge in [-0.15, -0.1) is 0 Å². The fraction of sp³-hybridized carbons (Fsp3) is 0.395. The minimum absolute atomic E-state index is 0.0701. The first-order valence-corrected chi connectivity index (χ1v) is 18.0. The molecule has 3 aliphatic carbocycles. The predicted molar refractivity (Wildman–Crippen MR) is 205 cm³/mol. The molecule has 7 rings (SSSR count). The Morgan fingerprint density at radius 1 is 0.740 bits per heavy atom. The lowest BCUT2D eigenvalue weighted by molar-refractivity contribution is -0.0909. The van der Waals surface area contributed by atoms with Gasteiger partial charge in [-0.3, -0.25) is 0 Å². The summed E-state index contributed by atoms with van der Waals surface area (Å²) in [4.78, 5) is 0. The average Bonchev–Trinajstić information content (AvgIpc) is 3.36. The van der Waals surface area contributed by atoms with Crippen molar-refractivity contribution in [2.45, 2.75) is 101 Å². The van der Waals surface area contributed by atoms with Crippen LogP contribution in [0.25, 0.3) is 5.57 Å². The largest absolute Gasteiger partial charge is 0.457 e. The molecule has 5 nitrogen and oxygen atoms in total. The maximum atomic E-state index is 10.8. The molecule has 4 aliphatic rings. The number of para-hydroxylation sites is 2. The predicted octanol–water partition coefficient (Wildman–Crippen LogP) is 8.26. The van der Waals surface area contributed by atoms with Crippen LogP contribution in [0.2, 0.25) is 5.82 Å². The molecule has 7 heteroatoms. The third-order valence-corrected chi connectivity index (χ3v) is 12.2. The maximum absolute atomic E-state index is 10.8. The van der Waals surface area contributed by atoms with Crippen LogP contribution in [0.4, 0.5) is 0 Å². The van der Waals surface area contributed by atoms with Crippen LogP contribution >= 0.6 is 0 Å². The molecule has 3 atom stereocenters. The quantitative estimate of drug-likeness (QED) is 0.225.